The molecule has 3 nitrogen and oxygen atoms in total. The molecule has 1 atom stereocenters. The third-order valence-corrected chi connectivity index (χ3v) is 4.96. The SMILES string of the molecule is Cc1ccccc1-n1cnnc1SC(C)c1ccccc1Cl. The molecule has 112 valence electrons. The van der Waals surface area contributed by atoms with Gasteiger partial charge in [0.25, 0.3) is 0 Å². The molecule has 0 N–H and O–H groups in total. The van der Waals surface area contributed by atoms with Crippen LogP contribution in [0.2, 0.25) is 5.02 Å². The van der Waals surface area contributed by atoms with Crippen LogP contribution in [-0.4, -0.2) is 14.8 Å². The van der Waals surface area contributed by atoms with Crippen molar-refractivity contribution >= 4 is 23.4 Å². The topological polar surface area (TPSA) is 30.7 Å². The van der Waals surface area contributed by atoms with E-state index in [1.165, 1.54) is 5.56 Å². The first-order valence-corrected chi connectivity index (χ1v) is 8.29. The zero-order valence-electron chi connectivity index (χ0n) is 12.4. The first kappa shape index (κ1) is 15.1. The molecule has 2 aromatic carbocycles. The van der Waals surface area contributed by atoms with E-state index < -0.39 is 0 Å². The Morgan fingerprint density at radius 2 is 1.82 bits per heavy atom. The lowest BCUT2D eigenvalue weighted by atomic mass is 10.2. The zero-order chi connectivity index (χ0) is 15.5. The van der Waals surface area contributed by atoms with Crippen LogP contribution in [0.1, 0.15) is 23.3 Å². The van der Waals surface area contributed by atoms with Crippen molar-refractivity contribution in [2.24, 2.45) is 0 Å². The summed E-state index contributed by atoms with van der Waals surface area (Å²) in [7, 11) is 0. The lowest BCUT2D eigenvalue weighted by Gasteiger charge is -2.14. The number of hydrogen-bond donors (Lipinski definition) is 0. The first-order valence-electron chi connectivity index (χ1n) is 7.04. The number of rotatable bonds is 4. The van der Waals surface area contributed by atoms with Crippen LogP contribution in [0.3, 0.4) is 0 Å². The second kappa shape index (κ2) is 6.55. The van der Waals surface area contributed by atoms with Gasteiger partial charge in [0.15, 0.2) is 5.16 Å². The van der Waals surface area contributed by atoms with Crippen LogP contribution in [0.5, 0.6) is 0 Å². The predicted molar refractivity (Wildman–Crippen MR) is 91.8 cm³/mol. The Labute approximate surface area is 139 Å². The molecule has 3 aromatic rings. The Kier molecular flexibility index (Phi) is 4.50. The summed E-state index contributed by atoms with van der Waals surface area (Å²) in [4.78, 5) is 0. The van der Waals surface area contributed by atoms with Crippen LogP contribution < -0.4 is 0 Å². The largest absolute Gasteiger partial charge is 0.276 e. The average molecular weight is 330 g/mol. The van der Waals surface area contributed by atoms with Crippen LogP contribution in [0.25, 0.3) is 5.69 Å². The van der Waals surface area contributed by atoms with Crippen molar-refractivity contribution in [1.82, 2.24) is 14.8 Å². The van der Waals surface area contributed by atoms with Crippen molar-refractivity contribution in [2.75, 3.05) is 0 Å². The molecule has 0 fully saturated rings. The number of thioether (sulfide) groups is 1. The zero-order valence-corrected chi connectivity index (χ0v) is 14.0. The van der Waals surface area contributed by atoms with Crippen molar-refractivity contribution in [3.8, 4) is 5.69 Å². The fourth-order valence-electron chi connectivity index (χ4n) is 2.33. The molecular weight excluding hydrogens is 314 g/mol. The van der Waals surface area contributed by atoms with E-state index in [0.717, 1.165) is 21.4 Å². The number of nitrogens with zero attached hydrogens (tertiary/aromatic N) is 3. The Morgan fingerprint density at radius 3 is 2.59 bits per heavy atom. The predicted octanol–water partition coefficient (Wildman–Crippen LogP) is 5.08. The molecule has 0 aliphatic carbocycles. The maximum atomic E-state index is 6.29. The van der Waals surface area contributed by atoms with E-state index in [9.17, 15) is 0 Å². The summed E-state index contributed by atoms with van der Waals surface area (Å²) in [6, 6.07) is 16.1. The van der Waals surface area contributed by atoms with Crippen LogP contribution in [0.4, 0.5) is 0 Å². The summed E-state index contributed by atoms with van der Waals surface area (Å²) in [6.45, 7) is 4.21. The van der Waals surface area contributed by atoms with Gasteiger partial charge in [0, 0.05) is 10.3 Å². The molecule has 0 bridgehead atoms. The van der Waals surface area contributed by atoms with Gasteiger partial charge in [-0.2, -0.15) is 0 Å². The molecule has 0 saturated carbocycles. The van der Waals surface area contributed by atoms with E-state index in [1.807, 2.05) is 34.9 Å². The molecule has 0 amide bonds. The van der Waals surface area contributed by atoms with Gasteiger partial charge in [-0.1, -0.05) is 59.8 Å². The van der Waals surface area contributed by atoms with E-state index >= 15 is 0 Å². The van der Waals surface area contributed by atoms with Crippen LogP contribution >= 0.6 is 23.4 Å². The summed E-state index contributed by atoms with van der Waals surface area (Å²) in [5.41, 5.74) is 3.39. The summed E-state index contributed by atoms with van der Waals surface area (Å²) < 4.78 is 2.02. The molecular formula is C17H16ClN3S. The molecule has 0 saturated heterocycles. The van der Waals surface area contributed by atoms with Gasteiger partial charge < -0.3 is 0 Å². The highest BCUT2D eigenvalue weighted by Crippen LogP contribution is 2.37. The van der Waals surface area contributed by atoms with Gasteiger partial charge in [0.05, 0.1) is 5.69 Å². The highest BCUT2D eigenvalue weighted by molar-refractivity contribution is 7.99. The molecule has 1 heterocycles. The number of aryl methyl sites for hydroxylation is 1. The van der Waals surface area contributed by atoms with Gasteiger partial charge in [0.2, 0.25) is 0 Å². The van der Waals surface area contributed by atoms with Crippen molar-refractivity contribution in [3.63, 3.8) is 0 Å². The molecule has 1 aromatic heterocycles. The van der Waals surface area contributed by atoms with Gasteiger partial charge in [-0.25, -0.2) is 0 Å². The smallest absolute Gasteiger partial charge is 0.196 e. The first-order chi connectivity index (χ1) is 10.7. The van der Waals surface area contributed by atoms with Crippen molar-refractivity contribution in [3.05, 3.63) is 71.0 Å². The molecule has 5 heteroatoms. The fraction of sp³-hybridized carbons (Fsp3) is 0.176. The number of aromatic nitrogens is 3. The van der Waals surface area contributed by atoms with Crippen LogP contribution in [0, 0.1) is 6.92 Å². The van der Waals surface area contributed by atoms with Crippen molar-refractivity contribution in [2.45, 2.75) is 24.3 Å². The maximum Gasteiger partial charge on any atom is 0.196 e. The molecule has 22 heavy (non-hydrogen) atoms. The van der Waals surface area contributed by atoms with Gasteiger partial charge in [-0.3, -0.25) is 4.57 Å². The maximum absolute atomic E-state index is 6.29. The van der Waals surface area contributed by atoms with Crippen LogP contribution in [0.15, 0.2) is 60.0 Å². The Morgan fingerprint density at radius 1 is 1.09 bits per heavy atom. The van der Waals surface area contributed by atoms with E-state index in [2.05, 4.69) is 42.2 Å². The Bertz CT molecular complexity index is 785. The highest BCUT2D eigenvalue weighted by Gasteiger charge is 2.16. The minimum Gasteiger partial charge on any atom is -0.276 e. The molecule has 0 spiro atoms. The summed E-state index contributed by atoms with van der Waals surface area (Å²) >= 11 is 7.94. The van der Waals surface area contributed by atoms with Gasteiger partial charge in [-0.15, -0.1) is 10.2 Å². The van der Waals surface area contributed by atoms with Gasteiger partial charge >= 0.3 is 0 Å². The quantitative estimate of drug-likeness (QED) is 0.625. The summed E-state index contributed by atoms with van der Waals surface area (Å²) in [6.07, 6.45) is 1.75. The normalized spacial score (nSPS) is 12.3. The molecule has 1 unspecified atom stereocenters. The third-order valence-electron chi connectivity index (χ3n) is 3.52. The molecule has 0 radical (unpaired) electrons. The van der Waals surface area contributed by atoms with E-state index in [1.54, 1.807) is 18.1 Å². The lowest BCUT2D eigenvalue weighted by molar-refractivity contribution is 0.871. The van der Waals surface area contributed by atoms with Gasteiger partial charge in [0.1, 0.15) is 6.33 Å². The molecule has 0 aliphatic heterocycles. The van der Waals surface area contributed by atoms with Crippen molar-refractivity contribution in [1.29, 1.82) is 0 Å². The number of benzene rings is 2. The number of halogens is 1. The van der Waals surface area contributed by atoms with E-state index in [0.29, 0.717) is 0 Å². The van der Waals surface area contributed by atoms with Crippen LogP contribution in [-0.2, 0) is 0 Å². The summed E-state index contributed by atoms with van der Waals surface area (Å²) in [5.74, 6) is 0. The number of hydrogen-bond acceptors (Lipinski definition) is 3. The second-order valence-electron chi connectivity index (χ2n) is 5.05. The average Bonchev–Trinajstić information content (AvgIpc) is 2.96. The number of para-hydroxylation sites is 1. The summed E-state index contributed by atoms with van der Waals surface area (Å²) in [5, 5.41) is 10.2. The van der Waals surface area contributed by atoms with E-state index in [4.69, 9.17) is 11.6 Å². The van der Waals surface area contributed by atoms with E-state index in [-0.39, 0.29) is 5.25 Å². The van der Waals surface area contributed by atoms with Crippen molar-refractivity contribution < 1.29 is 0 Å². The Balaban J connectivity index is 1.90. The minimum atomic E-state index is 0.195. The minimum absolute atomic E-state index is 0.195. The fourth-order valence-corrected chi connectivity index (χ4v) is 3.70. The molecule has 3 rings (SSSR count). The monoisotopic (exact) mass is 329 g/mol. The van der Waals surface area contributed by atoms with Gasteiger partial charge in [-0.05, 0) is 37.1 Å². The third kappa shape index (κ3) is 3.03. The lowest BCUT2D eigenvalue weighted by Crippen LogP contribution is -1.99. The molecule has 0 aliphatic rings. The Hall–Kier alpha value is -1.78. The highest BCUT2D eigenvalue weighted by atomic mass is 35.5. The second-order valence-corrected chi connectivity index (χ2v) is 6.77. The standard InChI is InChI=1S/C17H16ClN3S/c1-12-7-3-6-10-16(12)21-11-19-20-17(21)22-13(2)14-8-4-5-9-15(14)18/h3-11,13H,1-2H3.